The molecule has 1 fully saturated rings. The molecule has 2 rings (SSSR count). The number of hydrogen-bond donors (Lipinski definition) is 1. The van der Waals surface area contributed by atoms with Crippen LogP contribution in [0.2, 0.25) is 0 Å². The molecular formula is C11H16BrNO3S2. The topological polar surface area (TPSA) is 57.6 Å². The van der Waals surface area contributed by atoms with E-state index in [0.717, 1.165) is 15.1 Å². The van der Waals surface area contributed by atoms with Gasteiger partial charge in [0, 0.05) is 11.4 Å². The van der Waals surface area contributed by atoms with Crippen LogP contribution in [-0.4, -0.2) is 37.0 Å². The molecule has 0 bridgehead atoms. The zero-order valence-electron chi connectivity index (χ0n) is 10.3. The Morgan fingerprint density at radius 1 is 1.61 bits per heavy atom. The molecule has 4 nitrogen and oxygen atoms in total. The first-order chi connectivity index (χ1) is 8.37. The standard InChI is InChI=1S/C11H16BrNO3S2/c1-7-3-4-13(9(7)6-14)18(15,16)10-5-11(12)17-8(10)2/h5,7,9,14H,3-4,6H2,1-2H3. The molecule has 102 valence electrons. The molecule has 1 N–H and O–H groups in total. The zero-order valence-corrected chi connectivity index (χ0v) is 13.5. The molecule has 2 heterocycles. The van der Waals surface area contributed by atoms with Gasteiger partial charge in [0.1, 0.15) is 0 Å². The lowest BCUT2D eigenvalue weighted by atomic mass is 10.0. The highest BCUT2D eigenvalue weighted by molar-refractivity contribution is 9.11. The van der Waals surface area contributed by atoms with Gasteiger partial charge in [-0.3, -0.25) is 0 Å². The van der Waals surface area contributed by atoms with Gasteiger partial charge < -0.3 is 5.11 Å². The second-order valence-electron chi connectivity index (χ2n) is 4.60. The van der Waals surface area contributed by atoms with Crippen LogP contribution in [0.25, 0.3) is 0 Å². The molecular weight excluding hydrogens is 338 g/mol. The lowest BCUT2D eigenvalue weighted by Crippen LogP contribution is -2.39. The molecule has 1 aromatic heterocycles. The van der Waals surface area contributed by atoms with Gasteiger partial charge in [0.25, 0.3) is 0 Å². The maximum absolute atomic E-state index is 12.6. The van der Waals surface area contributed by atoms with Crippen molar-refractivity contribution in [3.8, 4) is 0 Å². The maximum atomic E-state index is 12.6. The quantitative estimate of drug-likeness (QED) is 0.906. The van der Waals surface area contributed by atoms with Crippen molar-refractivity contribution in [3.05, 3.63) is 14.7 Å². The van der Waals surface area contributed by atoms with Crippen LogP contribution >= 0.6 is 27.3 Å². The van der Waals surface area contributed by atoms with Crippen LogP contribution in [0.3, 0.4) is 0 Å². The molecule has 0 aromatic carbocycles. The molecule has 1 saturated heterocycles. The number of hydrogen-bond acceptors (Lipinski definition) is 4. The summed E-state index contributed by atoms with van der Waals surface area (Å²) in [4.78, 5) is 1.13. The van der Waals surface area contributed by atoms with E-state index in [-0.39, 0.29) is 18.6 Å². The predicted molar refractivity (Wildman–Crippen MR) is 75.3 cm³/mol. The van der Waals surface area contributed by atoms with Crippen LogP contribution in [0.5, 0.6) is 0 Å². The number of aryl methyl sites for hydroxylation is 1. The Bertz CT molecular complexity index is 540. The van der Waals surface area contributed by atoms with Gasteiger partial charge in [-0.15, -0.1) is 11.3 Å². The highest BCUT2D eigenvalue weighted by Crippen LogP contribution is 2.35. The van der Waals surface area contributed by atoms with Crippen LogP contribution in [-0.2, 0) is 10.0 Å². The number of rotatable bonds is 3. The normalized spacial score (nSPS) is 25.8. The van der Waals surface area contributed by atoms with Crippen molar-refractivity contribution < 1.29 is 13.5 Å². The minimum absolute atomic E-state index is 0.120. The van der Waals surface area contributed by atoms with Gasteiger partial charge in [0.15, 0.2) is 0 Å². The summed E-state index contributed by atoms with van der Waals surface area (Å²) in [5.74, 6) is 0.201. The summed E-state index contributed by atoms with van der Waals surface area (Å²) in [6, 6.07) is 1.35. The second-order valence-corrected chi connectivity index (χ2v) is 9.10. The average Bonchev–Trinajstić information content (AvgIpc) is 2.82. The van der Waals surface area contributed by atoms with E-state index in [1.54, 1.807) is 13.0 Å². The fourth-order valence-electron chi connectivity index (χ4n) is 2.36. The number of halogens is 1. The summed E-state index contributed by atoms with van der Waals surface area (Å²) in [5.41, 5.74) is 0. The van der Waals surface area contributed by atoms with E-state index in [9.17, 15) is 13.5 Å². The Balaban J connectivity index is 2.40. The van der Waals surface area contributed by atoms with Crippen LogP contribution < -0.4 is 0 Å². The zero-order chi connectivity index (χ0) is 13.5. The van der Waals surface area contributed by atoms with Gasteiger partial charge in [0.2, 0.25) is 10.0 Å². The van der Waals surface area contributed by atoms with Crippen LogP contribution in [0, 0.1) is 12.8 Å². The van der Waals surface area contributed by atoms with E-state index in [2.05, 4.69) is 15.9 Å². The summed E-state index contributed by atoms with van der Waals surface area (Å²) in [5, 5.41) is 9.38. The average molecular weight is 354 g/mol. The van der Waals surface area contributed by atoms with E-state index >= 15 is 0 Å². The molecule has 18 heavy (non-hydrogen) atoms. The molecule has 0 aliphatic carbocycles. The molecule has 0 amide bonds. The fourth-order valence-corrected chi connectivity index (χ4v) is 6.47. The molecule has 7 heteroatoms. The van der Waals surface area contributed by atoms with Gasteiger partial charge >= 0.3 is 0 Å². The largest absolute Gasteiger partial charge is 0.395 e. The van der Waals surface area contributed by atoms with Gasteiger partial charge in [0.05, 0.1) is 21.3 Å². The Morgan fingerprint density at radius 2 is 2.28 bits per heavy atom. The lowest BCUT2D eigenvalue weighted by molar-refractivity contribution is 0.191. The fraction of sp³-hybridized carbons (Fsp3) is 0.636. The molecule has 0 saturated carbocycles. The Kier molecular flexibility index (Phi) is 4.18. The molecule has 2 unspecified atom stereocenters. The summed E-state index contributed by atoms with van der Waals surface area (Å²) in [7, 11) is -3.49. The van der Waals surface area contributed by atoms with Crippen LogP contribution in [0.4, 0.5) is 0 Å². The number of nitrogens with zero attached hydrogens (tertiary/aromatic N) is 1. The molecule has 1 aliphatic rings. The first-order valence-electron chi connectivity index (χ1n) is 5.76. The number of aliphatic hydroxyl groups is 1. The minimum atomic E-state index is -3.49. The van der Waals surface area contributed by atoms with E-state index in [1.807, 2.05) is 6.92 Å². The van der Waals surface area contributed by atoms with Gasteiger partial charge in [-0.1, -0.05) is 6.92 Å². The van der Waals surface area contributed by atoms with Crippen molar-refractivity contribution in [3.63, 3.8) is 0 Å². The second kappa shape index (κ2) is 5.20. The summed E-state index contributed by atoms with van der Waals surface area (Å²) >= 11 is 4.73. The number of aliphatic hydroxyl groups excluding tert-OH is 1. The lowest BCUT2D eigenvalue weighted by Gasteiger charge is -2.24. The molecule has 0 radical (unpaired) electrons. The number of thiophene rings is 1. The van der Waals surface area contributed by atoms with Crippen molar-refractivity contribution >= 4 is 37.3 Å². The van der Waals surface area contributed by atoms with E-state index < -0.39 is 10.0 Å². The van der Waals surface area contributed by atoms with E-state index in [1.165, 1.54) is 15.6 Å². The van der Waals surface area contributed by atoms with Crippen molar-refractivity contribution in [1.82, 2.24) is 4.31 Å². The highest BCUT2D eigenvalue weighted by atomic mass is 79.9. The third-order valence-electron chi connectivity index (χ3n) is 3.45. The molecule has 2 atom stereocenters. The first kappa shape index (κ1) is 14.5. The predicted octanol–water partition coefficient (Wildman–Crippen LogP) is 2.21. The third-order valence-corrected chi connectivity index (χ3v) is 7.18. The summed E-state index contributed by atoms with van der Waals surface area (Å²) < 4.78 is 27.4. The first-order valence-corrected chi connectivity index (χ1v) is 8.81. The molecule has 0 spiro atoms. The van der Waals surface area contributed by atoms with Gasteiger partial charge in [-0.2, -0.15) is 4.31 Å². The van der Waals surface area contributed by atoms with E-state index in [0.29, 0.717) is 11.4 Å². The van der Waals surface area contributed by atoms with Crippen molar-refractivity contribution in [2.75, 3.05) is 13.2 Å². The smallest absolute Gasteiger partial charge is 0.244 e. The van der Waals surface area contributed by atoms with Gasteiger partial charge in [-0.05, 0) is 41.3 Å². The SMILES string of the molecule is Cc1sc(Br)cc1S(=O)(=O)N1CCC(C)C1CO. The van der Waals surface area contributed by atoms with E-state index in [4.69, 9.17) is 0 Å². The van der Waals surface area contributed by atoms with Gasteiger partial charge in [-0.25, -0.2) is 8.42 Å². The van der Waals surface area contributed by atoms with Crippen LogP contribution in [0.1, 0.15) is 18.2 Å². The molecule has 1 aliphatic heterocycles. The third kappa shape index (κ3) is 2.38. The van der Waals surface area contributed by atoms with Crippen molar-refractivity contribution in [2.45, 2.75) is 31.2 Å². The molecule has 1 aromatic rings. The summed E-state index contributed by atoms with van der Waals surface area (Å²) in [6.45, 7) is 4.15. The van der Waals surface area contributed by atoms with Crippen LogP contribution in [0.15, 0.2) is 14.7 Å². The monoisotopic (exact) mass is 353 g/mol. The van der Waals surface area contributed by atoms with Crippen molar-refractivity contribution in [2.24, 2.45) is 5.92 Å². The van der Waals surface area contributed by atoms with Crippen molar-refractivity contribution in [1.29, 1.82) is 0 Å². The number of sulfonamides is 1. The minimum Gasteiger partial charge on any atom is -0.395 e. The Morgan fingerprint density at radius 3 is 2.78 bits per heavy atom. The Hall–Kier alpha value is 0.0500. The summed E-state index contributed by atoms with van der Waals surface area (Å²) in [6.07, 6.45) is 0.800. The maximum Gasteiger partial charge on any atom is 0.244 e. The Labute approximate surface area is 120 Å². The highest BCUT2D eigenvalue weighted by Gasteiger charge is 2.40.